The van der Waals surface area contributed by atoms with Gasteiger partial charge in [0.1, 0.15) is 0 Å². The van der Waals surface area contributed by atoms with E-state index in [0.717, 1.165) is 62.3 Å². The minimum Gasteiger partial charge on any atom is -0.346 e. The zero-order valence-corrected chi connectivity index (χ0v) is 14.3. The first kappa shape index (κ1) is 16.7. The molecule has 0 aliphatic carbocycles. The zero-order valence-electron chi connectivity index (χ0n) is 14.3. The molecule has 3 rings (SSSR count). The molecule has 0 saturated carbocycles. The molecule has 0 unspecified atom stereocenters. The van der Waals surface area contributed by atoms with Crippen molar-refractivity contribution < 1.29 is 4.79 Å². The Labute approximate surface area is 143 Å². The predicted molar refractivity (Wildman–Crippen MR) is 95.6 cm³/mol. The molecule has 2 N–H and O–H groups in total. The number of piperidine rings is 1. The van der Waals surface area contributed by atoms with Gasteiger partial charge in [0.05, 0.1) is 5.69 Å². The number of aryl methyl sites for hydroxylation is 1. The Morgan fingerprint density at radius 2 is 2.00 bits per heavy atom. The number of carbonyl (C=O) groups excluding carboxylic acids is 1. The summed E-state index contributed by atoms with van der Waals surface area (Å²) in [7, 11) is 1.92. The molecule has 0 bridgehead atoms. The first-order valence-corrected chi connectivity index (χ1v) is 8.79. The number of nitrogens with zero attached hydrogens (tertiary/aromatic N) is 2. The van der Waals surface area contributed by atoms with E-state index in [9.17, 15) is 4.79 Å². The first-order chi connectivity index (χ1) is 11.7. The normalized spacial score (nSPS) is 15.4. The van der Waals surface area contributed by atoms with Crippen LogP contribution in [0.25, 0.3) is 11.3 Å². The molecule has 5 heteroatoms. The molecule has 5 nitrogen and oxygen atoms in total. The van der Waals surface area contributed by atoms with E-state index in [1.54, 1.807) is 0 Å². The highest BCUT2D eigenvalue weighted by Crippen LogP contribution is 2.18. The summed E-state index contributed by atoms with van der Waals surface area (Å²) in [5.41, 5.74) is 3.22. The average molecular weight is 326 g/mol. The quantitative estimate of drug-likeness (QED) is 0.857. The van der Waals surface area contributed by atoms with Crippen LogP contribution >= 0.6 is 0 Å². The second-order valence-electron chi connectivity index (χ2n) is 6.53. The van der Waals surface area contributed by atoms with E-state index in [1.165, 1.54) is 0 Å². The molecule has 0 atom stereocenters. The van der Waals surface area contributed by atoms with Crippen molar-refractivity contribution in [1.82, 2.24) is 20.4 Å². The Hall–Kier alpha value is -2.14. The van der Waals surface area contributed by atoms with Crippen molar-refractivity contribution in [2.75, 3.05) is 26.7 Å². The number of carbonyl (C=O) groups is 1. The van der Waals surface area contributed by atoms with Crippen molar-refractivity contribution in [2.24, 2.45) is 5.92 Å². The van der Waals surface area contributed by atoms with Gasteiger partial charge in [-0.15, -0.1) is 0 Å². The molecule has 1 aliphatic rings. The molecule has 2 aromatic rings. The summed E-state index contributed by atoms with van der Waals surface area (Å²) in [4.78, 5) is 14.3. The molecule has 0 spiro atoms. The molecule has 1 saturated heterocycles. The Balaban J connectivity index is 1.46. The van der Waals surface area contributed by atoms with E-state index in [1.807, 2.05) is 30.1 Å². The van der Waals surface area contributed by atoms with E-state index in [0.29, 0.717) is 5.91 Å². The van der Waals surface area contributed by atoms with E-state index in [4.69, 9.17) is 0 Å². The first-order valence-electron chi connectivity index (χ1n) is 8.79. The minimum absolute atomic E-state index is 0.202. The van der Waals surface area contributed by atoms with Gasteiger partial charge in [0.2, 0.25) is 5.91 Å². The maximum absolute atomic E-state index is 12.4. The smallest absolute Gasteiger partial charge is 0.225 e. The topological polar surface area (TPSA) is 61.0 Å². The van der Waals surface area contributed by atoms with Crippen LogP contribution in [0.5, 0.6) is 0 Å². The largest absolute Gasteiger partial charge is 0.346 e. The van der Waals surface area contributed by atoms with Gasteiger partial charge in [-0.25, -0.2) is 0 Å². The predicted octanol–water partition coefficient (Wildman–Crippen LogP) is 2.47. The second kappa shape index (κ2) is 8.11. The van der Waals surface area contributed by atoms with Gasteiger partial charge < -0.3 is 10.2 Å². The van der Waals surface area contributed by atoms with Crippen molar-refractivity contribution >= 4 is 5.91 Å². The monoisotopic (exact) mass is 326 g/mol. The molecular formula is C19H26N4O. The number of H-pyrrole nitrogens is 1. The van der Waals surface area contributed by atoms with Gasteiger partial charge in [0.25, 0.3) is 0 Å². The second-order valence-corrected chi connectivity index (χ2v) is 6.53. The van der Waals surface area contributed by atoms with Gasteiger partial charge >= 0.3 is 0 Å². The van der Waals surface area contributed by atoms with Gasteiger partial charge in [-0.05, 0) is 44.8 Å². The molecule has 128 valence electrons. The van der Waals surface area contributed by atoms with Crippen molar-refractivity contribution in [2.45, 2.75) is 25.7 Å². The lowest BCUT2D eigenvalue weighted by molar-refractivity contribution is -0.135. The number of aromatic amines is 1. The van der Waals surface area contributed by atoms with Crippen LogP contribution in [0.15, 0.2) is 36.4 Å². The van der Waals surface area contributed by atoms with Crippen LogP contribution in [0.2, 0.25) is 0 Å². The summed E-state index contributed by atoms with van der Waals surface area (Å²) < 4.78 is 0. The average Bonchev–Trinajstić information content (AvgIpc) is 3.11. The SMILES string of the molecule is CN(CCCc1cc(-c2ccccc2)n[nH]1)C(=O)C1CCNCC1. The lowest BCUT2D eigenvalue weighted by Gasteiger charge is -2.26. The molecule has 1 amide bonds. The van der Waals surface area contributed by atoms with Crippen LogP contribution in [0, 0.1) is 5.92 Å². The summed E-state index contributed by atoms with van der Waals surface area (Å²) >= 11 is 0. The van der Waals surface area contributed by atoms with Crippen molar-refractivity contribution in [3.8, 4) is 11.3 Å². The summed E-state index contributed by atoms with van der Waals surface area (Å²) in [6.07, 6.45) is 3.78. The van der Waals surface area contributed by atoms with E-state index in [2.05, 4.69) is 33.7 Å². The summed E-state index contributed by atoms with van der Waals surface area (Å²) in [6.45, 7) is 2.71. The number of nitrogens with one attached hydrogen (secondary N) is 2. The van der Waals surface area contributed by atoms with E-state index >= 15 is 0 Å². The molecular weight excluding hydrogens is 300 g/mol. The van der Waals surface area contributed by atoms with Gasteiger partial charge in [0.15, 0.2) is 0 Å². The maximum Gasteiger partial charge on any atom is 0.225 e. The number of amides is 1. The molecule has 1 aliphatic heterocycles. The molecule has 2 heterocycles. The fourth-order valence-electron chi connectivity index (χ4n) is 3.24. The fraction of sp³-hybridized carbons (Fsp3) is 0.474. The summed E-state index contributed by atoms with van der Waals surface area (Å²) in [6, 6.07) is 12.3. The van der Waals surface area contributed by atoms with Crippen LogP contribution in [0.1, 0.15) is 25.0 Å². The minimum atomic E-state index is 0.202. The molecule has 1 aromatic heterocycles. The highest BCUT2D eigenvalue weighted by molar-refractivity contribution is 5.78. The van der Waals surface area contributed by atoms with Gasteiger partial charge in [-0.2, -0.15) is 5.10 Å². The molecule has 0 radical (unpaired) electrons. The lowest BCUT2D eigenvalue weighted by atomic mass is 9.96. The van der Waals surface area contributed by atoms with Gasteiger partial charge in [-0.1, -0.05) is 30.3 Å². The molecule has 1 aromatic carbocycles. The molecule has 24 heavy (non-hydrogen) atoms. The Kier molecular flexibility index (Phi) is 5.64. The molecule has 1 fully saturated rings. The van der Waals surface area contributed by atoms with Crippen LogP contribution in [-0.2, 0) is 11.2 Å². The van der Waals surface area contributed by atoms with Crippen LogP contribution in [-0.4, -0.2) is 47.7 Å². The third-order valence-electron chi connectivity index (χ3n) is 4.70. The lowest BCUT2D eigenvalue weighted by Crippen LogP contribution is -2.39. The summed E-state index contributed by atoms with van der Waals surface area (Å²) in [5, 5.41) is 10.8. The van der Waals surface area contributed by atoms with Crippen LogP contribution < -0.4 is 5.32 Å². The van der Waals surface area contributed by atoms with E-state index < -0.39 is 0 Å². The highest BCUT2D eigenvalue weighted by Gasteiger charge is 2.23. The Morgan fingerprint density at radius 1 is 1.25 bits per heavy atom. The van der Waals surface area contributed by atoms with Gasteiger partial charge in [0, 0.05) is 30.8 Å². The van der Waals surface area contributed by atoms with Crippen molar-refractivity contribution in [3.05, 3.63) is 42.1 Å². The number of aromatic nitrogens is 2. The van der Waals surface area contributed by atoms with Crippen molar-refractivity contribution in [3.63, 3.8) is 0 Å². The number of hydrogen-bond acceptors (Lipinski definition) is 3. The standard InChI is InChI=1S/C19H26N4O/c1-23(19(24)16-9-11-20-12-10-16)13-5-8-17-14-18(22-21-17)15-6-3-2-4-7-15/h2-4,6-7,14,16,20H,5,8-13H2,1H3,(H,21,22). The van der Waals surface area contributed by atoms with Gasteiger partial charge in [-0.3, -0.25) is 9.89 Å². The van der Waals surface area contributed by atoms with Crippen LogP contribution in [0.4, 0.5) is 0 Å². The maximum atomic E-state index is 12.4. The Morgan fingerprint density at radius 3 is 2.75 bits per heavy atom. The van der Waals surface area contributed by atoms with Crippen molar-refractivity contribution in [1.29, 1.82) is 0 Å². The van der Waals surface area contributed by atoms with Crippen LogP contribution in [0.3, 0.4) is 0 Å². The number of rotatable bonds is 6. The van der Waals surface area contributed by atoms with E-state index in [-0.39, 0.29) is 5.92 Å². The number of hydrogen-bond donors (Lipinski definition) is 2. The third kappa shape index (κ3) is 4.23. The zero-order chi connectivity index (χ0) is 16.8. The number of benzene rings is 1. The fourth-order valence-corrected chi connectivity index (χ4v) is 3.24. The third-order valence-corrected chi connectivity index (χ3v) is 4.70. The Bertz CT molecular complexity index is 646. The summed E-state index contributed by atoms with van der Waals surface area (Å²) in [5.74, 6) is 0.499. The highest BCUT2D eigenvalue weighted by atomic mass is 16.2.